The average Bonchev–Trinajstić information content (AvgIpc) is 2.51. The lowest BCUT2D eigenvalue weighted by Crippen LogP contribution is -2.62. The van der Waals surface area contributed by atoms with Gasteiger partial charge in [0.1, 0.15) is 30.6 Å². The summed E-state index contributed by atoms with van der Waals surface area (Å²) in [6, 6.07) is 4.44. The van der Waals surface area contributed by atoms with E-state index in [1.165, 1.54) is 12.1 Å². The minimum atomic E-state index is -1.42. The number of phenolic OH excluding ortho intramolecular Hbond substituents is 2. The van der Waals surface area contributed by atoms with E-state index >= 15 is 0 Å². The number of hydrogen-bond acceptors (Lipinski definition) is 8. The van der Waals surface area contributed by atoms with E-state index in [4.69, 9.17) is 9.84 Å². The first kappa shape index (κ1) is 19.9. The number of ether oxygens (including phenoxy) is 1. The number of hydrogen-bond donors (Lipinski definition) is 7. The van der Waals surface area contributed by atoms with Gasteiger partial charge in [0.25, 0.3) is 0 Å². The van der Waals surface area contributed by atoms with E-state index in [1.54, 1.807) is 6.07 Å². The second-order valence-corrected chi connectivity index (χ2v) is 5.28. The first-order chi connectivity index (χ1) is 10.4. The Morgan fingerprint density at radius 3 is 2.30 bits per heavy atom. The monoisotopic (exact) mass is 351 g/mol. The van der Waals surface area contributed by atoms with E-state index in [-0.39, 0.29) is 23.9 Å². The second-order valence-electron chi connectivity index (χ2n) is 5.28. The third-order valence-corrected chi connectivity index (χ3v) is 3.69. The molecule has 0 aromatic heterocycles. The first-order valence-electron chi connectivity index (χ1n) is 6.98. The van der Waals surface area contributed by atoms with Crippen LogP contribution in [0.2, 0.25) is 0 Å². The normalized spacial score (nSPS) is 30.7. The Balaban J connectivity index is 0.00000264. The quantitative estimate of drug-likeness (QED) is 0.316. The highest BCUT2D eigenvalue weighted by Crippen LogP contribution is 2.25. The minimum Gasteiger partial charge on any atom is -0.504 e. The molecule has 132 valence electrons. The maximum Gasteiger partial charge on any atom is 0.157 e. The first-order valence-corrected chi connectivity index (χ1v) is 6.98. The molecule has 9 heteroatoms. The molecule has 1 aromatic carbocycles. The summed E-state index contributed by atoms with van der Waals surface area (Å²) in [6.07, 6.45) is -5.53. The third-order valence-electron chi connectivity index (χ3n) is 3.69. The van der Waals surface area contributed by atoms with Crippen LogP contribution in [0.15, 0.2) is 18.2 Å². The zero-order valence-electron chi connectivity index (χ0n) is 12.2. The van der Waals surface area contributed by atoms with Crippen LogP contribution in [-0.2, 0) is 11.2 Å². The van der Waals surface area contributed by atoms with Crippen molar-refractivity contribution in [2.24, 2.45) is 0 Å². The summed E-state index contributed by atoms with van der Waals surface area (Å²) in [5.74, 6) is -0.420. The van der Waals surface area contributed by atoms with Gasteiger partial charge in [-0.15, -0.1) is 12.4 Å². The van der Waals surface area contributed by atoms with Crippen LogP contribution in [0.3, 0.4) is 0 Å². The van der Waals surface area contributed by atoms with Crippen molar-refractivity contribution in [3.05, 3.63) is 23.8 Å². The van der Waals surface area contributed by atoms with E-state index < -0.39 is 37.3 Å². The van der Waals surface area contributed by atoms with Gasteiger partial charge in [-0.25, -0.2) is 0 Å². The van der Waals surface area contributed by atoms with Crippen molar-refractivity contribution < 1.29 is 35.4 Å². The average molecular weight is 352 g/mol. The van der Waals surface area contributed by atoms with Crippen LogP contribution >= 0.6 is 12.4 Å². The Kier molecular flexibility index (Phi) is 7.49. The molecule has 1 aliphatic rings. The fourth-order valence-corrected chi connectivity index (χ4v) is 2.35. The van der Waals surface area contributed by atoms with Gasteiger partial charge >= 0.3 is 0 Å². The van der Waals surface area contributed by atoms with Crippen molar-refractivity contribution in [3.8, 4) is 11.5 Å². The molecule has 1 heterocycles. The number of aliphatic hydroxyl groups is 4. The number of rotatable bonds is 5. The molecule has 1 unspecified atom stereocenters. The van der Waals surface area contributed by atoms with Crippen LogP contribution in [0.1, 0.15) is 5.56 Å². The molecule has 1 aromatic rings. The smallest absolute Gasteiger partial charge is 0.157 e. The van der Waals surface area contributed by atoms with Crippen molar-refractivity contribution in [2.45, 2.75) is 37.1 Å². The number of halogens is 1. The van der Waals surface area contributed by atoms with Gasteiger partial charge in [0.05, 0.1) is 6.61 Å². The molecule has 23 heavy (non-hydrogen) atoms. The lowest BCUT2D eigenvalue weighted by molar-refractivity contribution is -0.236. The van der Waals surface area contributed by atoms with Crippen molar-refractivity contribution >= 4 is 12.4 Å². The Hall–Kier alpha value is -1.13. The number of nitrogens with one attached hydrogen (secondary N) is 1. The Morgan fingerprint density at radius 1 is 1.00 bits per heavy atom. The van der Waals surface area contributed by atoms with Crippen molar-refractivity contribution in [2.75, 3.05) is 13.2 Å². The summed E-state index contributed by atoms with van der Waals surface area (Å²) in [5.41, 5.74) is 0.757. The molecule has 7 N–H and O–H groups in total. The van der Waals surface area contributed by atoms with Crippen molar-refractivity contribution in [1.82, 2.24) is 5.32 Å². The third kappa shape index (κ3) is 4.67. The summed E-state index contributed by atoms with van der Waals surface area (Å²) in [6.45, 7) is -0.123. The van der Waals surface area contributed by atoms with Gasteiger partial charge in [0.15, 0.2) is 11.5 Å². The maximum atomic E-state index is 9.85. The molecule has 1 fully saturated rings. The molecule has 1 aliphatic heterocycles. The number of phenols is 2. The van der Waals surface area contributed by atoms with Gasteiger partial charge in [-0.05, 0) is 24.1 Å². The van der Waals surface area contributed by atoms with Crippen LogP contribution < -0.4 is 5.32 Å². The van der Waals surface area contributed by atoms with Crippen molar-refractivity contribution in [3.63, 3.8) is 0 Å². The molecule has 0 spiro atoms. The molecule has 2 rings (SSSR count). The topological polar surface area (TPSA) is 143 Å². The zero-order valence-corrected chi connectivity index (χ0v) is 13.1. The fraction of sp³-hybridized carbons (Fsp3) is 0.571. The summed E-state index contributed by atoms with van der Waals surface area (Å²) in [7, 11) is 0. The molecule has 0 bridgehead atoms. The van der Waals surface area contributed by atoms with Crippen LogP contribution in [-0.4, -0.2) is 74.4 Å². The van der Waals surface area contributed by atoms with Crippen LogP contribution in [0.25, 0.3) is 0 Å². The molecule has 0 aliphatic carbocycles. The number of benzene rings is 1. The highest BCUT2D eigenvalue weighted by molar-refractivity contribution is 5.85. The summed E-state index contributed by atoms with van der Waals surface area (Å²) in [4.78, 5) is 0. The SMILES string of the molecule is Cl.OC[C@H]1OC(NCCc2ccc(O)c(O)c2)[C@H](O)[C@@H](O)[C@@H]1O. The van der Waals surface area contributed by atoms with E-state index in [0.717, 1.165) is 5.56 Å². The Bertz CT molecular complexity index is 502. The molecule has 5 atom stereocenters. The van der Waals surface area contributed by atoms with Crippen LogP contribution in [0, 0.1) is 0 Å². The maximum absolute atomic E-state index is 9.85. The molecule has 1 saturated heterocycles. The molecule has 0 amide bonds. The fourth-order valence-electron chi connectivity index (χ4n) is 2.35. The summed E-state index contributed by atoms with van der Waals surface area (Å²) in [5, 5.41) is 59.7. The number of aliphatic hydroxyl groups excluding tert-OH is 4. The van der Waals surface area contributed by atoms with Gasteiger partial charge in [-0.2, -0.15) is 0 Å². The largest absolute Gasteiger partial charge is 0.504 e. The predicted molar refractivity (Wildman–Crippen MR) is 82.5 cm³/mol. The van der Waals surface area contributed by atoms with E-state index in [1.807, 2.05) is 0 Å². The second kappa shape index (κ2) is 8.65. The molecule has 0 saturated carbocycles. The predicted octanol–water partition coefficient (Wildman–Crippen LogP) is -1.55. The zero-order chi connectivity index (χ0) is 16.3. The Morgan fingerprint density at radius 2 is 1.70 bits per heavy atom. The van der Waals surface area contributed by atoms with Crippen LogP contribution in [0.5, 0.6) is 11.5 Å². The highest BCUT2D eigenvalue weighted by Gasteiger charge is 2.43. The molecular formula is C14H22ClNO7. The van der Waals surface area contributed by atoms with Crippen molar-refractivity contribution in [1.29, 1.82) is 0 Å². The van der Waals surface area contributed by atoms with Crippen LogP contribution in [0.4, 0.5) is 0 Å². The standard InChI is InChI=1S/C14H21NO7.ClH/c16-6-10-11(19)12(20)13(21)14(22-10)15-4-3-7-1-2-8(17)9(18)5-7;/h1-2,5,10-21H,3-4,6H2;1H/t10-,11-,12+,13-,14?;/m1./s1. The lowest BCUT2D eigenvalue weighted by atomic mass is 9.98. The van der Waals surface area contributed by atoms with Gasteiger partial charge < -0.3 is 35.4 Å². The lowest BCUT2D eigenvalue weighted by Gasteiger charge is -2.40. The van der Waals surface area contributed by atoms with E-state index in [2.05, 4.69) is 5.32 Å². The summed E-state index contributed by atoms with van der Waals surface area (Å²) >= 11 is 0. The van der Waals surface area contributed by atoms with Gasteiger partial charge in [0, 0.05) is 6.54 Å². The Labute approximate surface area is 139 Å². The van der Waals surface area contributed by atoms with E-state index in [9.17, 15) is 25.5 Å². The molecule has 8 nitrogen and oxygen atoms in total. The van der Waals surface area contributed by atoms with Gasteiger partial charge in [-0.1, -0.05) is 6.07 Å². The minimum absolute atomic E-state index is 0. The molecule has 0 radical (unpaired) electrons. The van der Waals surface area contributed by atoms with E-state index in [0.29, 0.717) is 13.0 Å². The van der Waals surface area contributed by atoms with Gasteiger partial charge in [0.2, 0.25) is 0 Å². The highest BCUT2D eigenvalue weighted by atomic mass is 35.5. The summed E-state index contributed by atoms with van der Waals surface area (Å²) < 4.78 is 5.30. The number of aromatic hydroxyl groups is 2. The molecular weight excluding hydrogens is 330 g/mol. The van der Waals surface area contributed by atoms with Gasteiger partial charge in [-0.3, -0.25) is 5.32 Å².